The number of allylic oxidation sites excluding steroid dienone is 1. The SMILES string of the molecule is C[C@H](/C=C\CNC(=O)OC(C)(C)C)CC(=O)NC(Cc1ccc(C2CCN(C)CC2)cc1)C(N)=O. The molecule has 1 aromatic carbocycles. The Labute approximate surface area is 209 Å². The molecule has 1 fully saturated rings. The van der Waals surface area contributed by atoms with Gasteiger partial charge in [-0.2, -0.15) is 0 Å². The van der Waals surface area contributed by atoms with E-state index in [1.54, 1.807) is 26.8 Å². The second kappa shape index (κ2) is 13.3. The number of nitrogens with one attached hydrogen (secondary N) is 2. The van der Waals surface area contributed by atoms with Crippen LogP contribution in [0, 0.1) is 5.92 Å². The van der Waals surface area contributed by atoms with Gasteiger partial charge in [0.15, 0.2) is 0 Å². The van der Waals surface area contributed by atoms with Crippen LogP contribution < -0.4 is 16.4 Å². The van der Waals surface area contributed by atoms with Crippen molar-refractivity contribution < 1.29 is 19.1 Å². The first-order valence-corrected chi connectivity index (χ1v) is 12.4. The molecule has 8 heteroatoms. The van der Waals surface area contributed by atoms with Crippen molar-refractivity contribution in [1.29, 1.82) is 0 Å². The molecule has 1 heterocycles. The van der Waals surface area contributed by atoms with Crippen LogP contribution >= 0.6 is 0 Å². The zero-order valence-electron chi connectivity index (χ0n) is 21.8. The molecule has 1 aliphatic heterocycles. The number of likely N-dealkylation sites (tertiary alicyclic amines) is 1. The summed E-state index contributed by atoms with van der Waals surface area (Å²) in [7, 11) is 2.15. The minimum absolute atomic E-state index is 0.0715. The van der Waals surface area contributed by atoms with E-state index in [4.69, 9.17) is 10.5 Å². The Bertz CT molecular complexity index is 868. The maximum atomic E-state index is 12.5. The number of primary amides is 1. The topological polar surface area (TPSA) is 114 Å². The third-order valence-electron chi connectivity index (χ3n) is 6.02. The molecule has 0 spiro atoms. The van der Waals surface area contributed by atoms with Crippen LogP contribution in [0.3, 0.4) is 0 Å². The lowest BCUT2D eigenvalue weighted by molar-refractivity contribution is -0.127. The van der Waals surface area contributed by atoms with Crippen LogP contribution in [0.5, 0.6) is 0 Å². The predicted octanol–water partition coefficient (Wildman–Crippen LogP) is 3.12. The highest BCUT2D eigenvalue weighted by Crippen LogP contribution is 2.27. The zero-order chi connectivity index (χ0) is 26.0. The van der Waals surface area contributed by atoms with Crippen molar-refractivity contribution in [2.45, 2.75) is 70.9 Å². The molecule has 0 radical (unpaired) electrons. The zero-order valence-corrected chi connectivity index (χ0v) is 21.8. The molecule has 1 aliphatic rings. The quantitative estimate of drug-likeness (QED) is 0.440. The maximum Gasteiger partial charge on any atom is 0.407 e. The largest absolute Gasteiger partial charge is 0.444 e. The van der Waals surface area contributed by atoms with Crippen LogP contribution in [0.4, 0.5) is 4.79 Å². The van der Waals surface area contributed by atoms with Crippen molar-refractivity contribution in [1.82, 2.24) is 15.5 Å². The lowest BCUT2D eigenvalue weighted by Crippen LogP contribution is -2.46. The molecule has 1 aromatic rings. The third kappa shape index (κ3) is 10.9. The van der Waals surface area contributed by atoms with Crippen LogP contribution in [-0.4, -0.2) is 61.1 Å². The van der Waals surface area contributed by atoms with E-state index >= 15 is 0 Å². The van der Waals surface area contributed by atoms with Gasteiger partial charge in [0.2, 0.25) is 11.8 Å². The van der Waals surface area contributed by atoms with E-state index in [1.165, 1.54) is 5.56 Å². The second-order valence-corrected chi connectivity index (χ2v) is 10.5. The second-order valence-electron chi connectivity index (χ2n) is 10.5. The molecule has 4 N–H and O–H groups in total. The number of ether oxygens (including phenoxy) is 1. The van der Waals surface area contributed by atoms with Crippen molar-refractivity contribution in [2.24, 2.45) is 11.7 Å². The Morgan fingerprint density at radius 1 is 1.17 bits per heavy atom. The summed E-state index contributed by atoms with van der Waals surface area (Å²) < 4.78 is 5.17. The highest BCUT2D eigenvalue weighted by atomic mass is 16.6. The van der Waals surface area contributed by atoms with E-state index in [2.05, 4.69) is 34.7 Å². The Balaban J connectivity index is 1.80. The molecule has 3 amide bonds. The summed E-state index contributed by atoms with van der Waals surface area (Å²) in [6, 6.07) is 7.55. The minimum atomic E-state index is -0.762. The number of hydrogen-bond acceptors (Lipinski definition) is 5. The molecule has 2 atom stereocenters. The van der Waals surface area contributed by atoms with Crippen LogP contribution in [-0.2, 0) is 20.7 Å². The van der Waals surface area contributed by atoms with E-state index in [0.717, 1.165) is 31.5 Å². The number of piperidine rings is 1. The first-order chi connectivity index (χ1) is 16.4. The standard InChI is InChI=1S/C27H42N4O4/c1-19(7-6-14-29-26(34)35-27(2,3)4)17-24(32)30-23(25(28)33)18-20-8-10-21(11-9-20)22-12-15-31(5)16-13-22/h6-11,19,22-23H,12-18H2,1-5H3,(H2,28,33)(H,29,34)(H,30,32)/b7-6-/t19-,23?/m1/s1. The van der Waals surface area contributed by atoms with Crippen molar-refractivity contribution in [3.8, 4) is 0 Å². The van der Waals surface area contributed by atoms with Crippen molar-refractivity contribution >= 4 is 17.9 Å². The molecule has 194 valence electrons. The van der Waals surface area contributed by atoms with Gasteiger partial charge in [-0.05, 0) is 76.7 Å². The molecule has 0 saturated carbocycles. The summed E-state index contributed by atoms with van der Waals surface area (Å²) in [5.41, 5.74) is 7.31. The summed E-state index contributed by atoms with van der Waals surface area (Å²) in [4.78, 5) is 38.5. The molecule has 0 aliphatic carbocycles. The molecule has 8 nitrogen and oxygen atoms in total. The van der Waals surface area contributed by atoms with E-state index < -0.39 is 23.6 Å². The fourth-order valence-corrected chi connectivity index (χ4v) is 4.10. The molecule has 1 saturated heterocycles. The Kier molecular flexibility index (Phi) is 10.8. The predicted molar refractivity (Wildman–Crippen MR) is 138 cm³/mol. The summed E-state index contributed by atoms with van der Waals surface area (Å²) in [5, 5.41) is 5.41. The van der Waals surface area contributed by atoms with Gasteiger partial charge in [0.25, 0.3) is 0 Å². The third-order valence-corrected chi connectivity index (χ3v) is 6.02. The molecule has 35 heavy (non-hydrogen) atoms. The normalized spacial score (nSPS) is 17.1. The van der Waals surface area contributed by atoms with Gasteiger partial charge in [-0.1, -0.05) is 43.3 Å². The van der Waals surface area contributed by atoms with E-state index in [0.29, 0.717) is 18.9 Å². The van der Waals surface area contributed by atoms with Gasteiger partial charge in [-0.15, -0.1) is 0 Å². The highest BCUT2D eigenvalue weighted by Gasteiger charge is 2.21. The summed E-state index contributed by atoms with van der Waals surface area (Å²) >= 11 is 0. The number of carbonyl (C=O) groups is 3. The number of alkyl carbamates (subject to hydrolysis) is 1. The van der Waals surface area contributed by atoms with E-state index in [1.807, 2.05) is 25.1 Å². The van der Waals surface area contributed by atoms with Crippen LogP contribution in [0.25, 0.3) is 0 Å². The van der Waals surface area contributed by atoms with Crippen molar-refractivity contribution in [3.63, 3.8) is 0 Å². The van der Waals surface area contributed by atoms with E-state index in [9.17, 15) is 14.4 Å². The maximum absolute atomic E-state index is 12.5. The fraction of sp³-hybridized carbons (Fsp3) is 0.593. The molecule has 0 aromatic heterocycles. The van der Waals surface area contributed by atoms with Gasteiger partial charge >= 0.3 is 6.09 Å². The van der Waals surface area contributed by atoms with Crippen LogP contribution in [0.1, 0.15) is 64.0 Å². The number of amides is 3. The molecule has 1 unspecified atom stereocenters. The molecule has 0 bridgehead atoms. The van der Waals surface area contributed by atoms with Gasteiger partial charge in [0.1, 0.15) is 11.6 Å². The van der Waals surface area contributed by atoms with E-state index in [-0.39, 0.29) is 18.2 Å². The summed E-state index contributed by atoms with van der Waals surface area (Å²) in [5.74, 6) is -0.296. The fourth-order valence-electron chi connectivity index (χ4n) is 4.10. The molecular formula is C27H42N4O4. The average Bonchev–Trinajstić information content (AvgIpc) is 2.76. The first-order valence-electron chi connectivity index (χ1n) is 12.4. The Hall–Kier alpha value is -2.87. The smallest absolute Gasteiger partial charge is 0.407 e. The Morgan fingerprint density at radius 3 is 2.37 bits per heavy atom. The van der Waals surface area contributed by atoms with Crippen molar-refractivity contribution in [3.05, 3.63) is 47.5 Å². The number of carbonyl (C=O) groups excluding carboxylic acids is 3. The Morgan fingerprint density at radius 2 is 1.80 bits per heavy atom. The number of benzene rings is 1. The van der Waals surface area contributed by atoms with Crippen molar-refractivity contribution in [2.75, 3.05) is 26.7 Å². The number of hydrogen-bond donors (Lipinski definition) is 3. The number of nitrogens with zero attached hydrogens (tertiary/aromatic N) is 1. The summed E-state index contributed by atoms with van der Waals surface area (Å²) in [6.07, 6.45) is 6.01. The lowest BCUT2D eigenvalue weighted by Gasteiger charge is -2.29. The van der Waals surface area contributed by atoms with Gasteiger partial charge in [0, 0.05) is 19.4 Å². The number of nitrogens with two attached hydrogens (primary N) is 1. The summed E-state index contributed by atoms with van der Waals surface area (Å²) in [6.45, 7) is 9.81. The highest BCUT2D eigenvalue weighted by molar-refractivity contribution is 5.86. The van der Waals surface area contributed by atoms with Gasteiger partial charge in [-0.3, -0.25) is 9.59 Å². The molecule has 2 rings (SSSR count). The van der Waals surface area contributed by atoms with Gasteiger partial charge in [0.05, 0.1) is 0 Å². The molecular weight excluding hydrogens is 444 g/mol. The monoisotopic (exact) mass is 486 g/mol. The lowest BCUT2D eigenvalue weighted by atomic mass is 9.89. The van der Waals surface area contributed by atoms with Gasteiger partial charge in [-0.25, -0.2) is 4.79 Å². The van der Waals surface area contributed by atoms with Crippen LogP contribution in [0.2, 0.25) is 0 Å². The average molecular weight is 487 g/mol. The minimum Gasteiger partial charge on any atom is -0.444 e. The number of rotatable bonds is 10. The first kappa shape index (κ1) is 28.4. The van der Waals surface area contributed by atoms with Crippen LogP contribution in [0.15, 0.2) is 36.4 Å². The van der Waals surface area contributed by atoms with Gasteiger partial charge < -0.3 is 26.0 Å².